The number of thiophene rings is 1. The van der Waals surface area contributed by atoms with Crippen LogP contribution in [0.5, 0.6) is 5.75 Å². The van der Waals surface area contributed by atoms with Crippen molar-refractivity contribution < 1.29 is 4.74 Å². The van der Waals surface area contributed by atoms with Crippen LogP contribution in [0.25, 0.3) is 21.6 Å². The van der Waals surface area contributed by atoms with Crippen molar-refractivity contribution in [1.82, 2.24) is 9.97 Å². The van der Waals surface area contributed by atoms with Gasteiger partial charge < -0.3 is 9.72 Å². The number of hydrogen-bond donors (Lipinski definition) is 1. The molecule has 0 saturated heterocycles. The van der Waals surface area contributed by atoms with Crippen LogP contribution in [-0.2, 0) is 12.8 Å². The smallest absolute Gasteiger partial charge is 0.260 e. The maximum absolute atomic E-state index is 12.6. The summed E-state index contributed by atoms with van der Waals surface area (Å²) in [5.41, 5.74) is 2.08. The van der Waals surface area contributed by atoms with E-state index in [0.29, 0.717) is 12.4 Å². The number of nitrogens with one attached hydrogen (secondary N) is 1. The Morgan fingerprint density at radius 2 is 2.17 bits per heavy atom. The molecule has 0 spiro atoms. The molecule has 1 N–H and O–H groups in total. The van der Waals surface area contributed by atoms with Crippen LogP contribution < -0.4 is 10.3 Å². The number of aromatic amines is 1. The Balaban J connectivity index is 1.86. The van der Waals surface area contributed by atoms with Crippen molar-refractivity contribution in [3.63, 3.8) is 0 Å². The molecule has 3 aromatic rings. The minimum atomic E-state index is -0.0220. The summed E-state index contributed by atoms with van der Waals surface area (Å²) in [6, 6.07) is 7.69. The van der Waals surface area contributed by atoms with Crippen LogP contribution in [0.1, 0.15) is 30.2 Å². The van der Waals surface area contributed by atoms with Crippen LogP contribution in [0.2, 0.25) is 0 Å². The number of rotatable bonds is 3. The average molecular weight is 326 g/mol. The number of aromatic nitrogens is 2. The quantitative estimate of drug-likeness (QED) is 0.793. The molecule has 0 bridgehead atoms. The predicted molar refractivity (Wildman–Crippen MR) is 93.5 cm³/mol. The van der Waals surface area contributed by atoms with Crippen LogP contribution >= 0.6 is 11.3 Å². The lowest BCUT2D eigenvalue weighted by molar-refractivity contribution is 0.340. The zero-order valence-electron chi connectivity index (χ0n) is 13.0. The summed E-state index contributed by atoms with van der Waals surface area (Å²) < 4.78 is 5.53. The summed E-state index contributed by atoms with van der Waals surface area (Å²) in [6.45, 7) is 2.57. The number of ether oxygens (including phenoxy) is 1. The molecular weight excluding hydrogens is 308 g/mol. The lowest BCUT2D eigenvalue weighted by atomic mass is 9.97. The average Bonchev–Trinajstić information content (AvgIpc) is 2.94. The monoisotopic (exact) mass is 326 g/mol. The molecule has 5 heteroatoms. The Hall–Kier alpha value is -2.14. The number of hydrogen-bond acceptors (Lipinski definition) is 4. The van der Waals surface area contributed by atoms with Crippen LogP contribution in [0.15, 0.2) is 29.1 Å². The van der Waals surface area contributed by atoms with Gasteiger partial charge in [0.1, 0.15) is 16.4 Å². The summed E-state index contributed by atoms with van der Waals surface area (Å²) in [5.74, 6) is 1.40. The first-order valence-corrected chi connectivity index (χ1v) is 8.85. The molecule has 23 heavy (non-hydrogen) atoms. The molecule has 4 nitrogen and oxygen atoms in total. The first-order valence-electron chi connectivity index (χ1n) is 8.04. The molecule has 118 valence electrons. The highest BCUT2D eigenvalue weighted by atomic mass is 32.1. The molecule has 0 atom stereocenters. The first-order chi connectivity index (χ1) is 11.3. The molecule has 4 rings (SSSR count). The molecule has 1 aliphatic carbocycles. The highest BCUT2D eigenvalue weighted by Gasteiger charge is 2.20. The fourth-order valence-electron chi connectivity index (χ4n) is 3.20. The summed E-state index contributed by atoms with van der Waals surface area (Å²) >= 11 is 1.67. The van der Waals surface area contributed by atoms with Crippen LogP contribution in [0, 0.1) is 0 Å². The third-order valence-corrected chi connectivity index (χ3v) is 5.43. The van der Waals surface area contributed by atoms with E-state index in [0.717, 1.165) is 40.8 Å². The third kappa shape index (κ3) is 2.55. The van der Waals surface area contributed by atoms with E-state index in [1.165, 1.54) is 16.9 Å². The molecule has 0 unspecified atom stereocenters. The van der Waals surface area contributed by atoms with Crippen LogP contribution in [-0.4, -0.2) is 16.6 Å². The van der Waals surface area contributed by atoms with Gasteiger partial charge in [-0.1, -0.05) is 12.1 Å². The van der Waals surface area contributed by atoms with E-state index < -0.39 is 0 Å². The van der Waals surface area contributed by atoms with Crippen molar-refractivity contribution in [3.05, 3.63) is 45.1 Å². The highest BCUT2D eigenvalue weighted by Crippen LogP contribution is 2.34. The van der Waals surface area contributed by atoms with Gasteiger partial charge in [-0.3, -0.25) is 4.79 Å². The molecule has 1 aliphatic rings. The summed E-state index contributed by atoms with van der Waals surface area (Å²) in [5, 5.41) is 0.800. The lowest BCUT2D eigenvalue weighted by Crippen LogP contribution is -2.11. The second-order valence-electron chi connectivity index (χ2n) is 5.77. The summed E-state index contributed by atoms with van der Waals surface area (Å²) in [6.07, 6.45) is 4.45. The largest absolute Gasteiger partial charge is 0.494 e. The van der Waals surface area contributed by atoms with Gasteiger partial charge >= 0.3 is 0 Å². The lowest BCUT2D eigenvalue weighted by Gasteiger charge is -2.09. The van der Waals surface area contributed by atoms with E-state index in [1.807, 2.05) is 31.2 Å². The van der Waals surface area contributed by atoms with Crippen molar-refractivity contribution in [2.24, 2.45) is 0 Å². The number of fused-ring (bicyclic) bond motifs is 3. The Bertz CT molecular complexity index is 926. The Morgan fingerprint density at radius 3 is 3.04 bits per heavy atom. The number of aryl methyl sites for hydroxylation is 2. The molecule has 0 fully saturated rings. The third-order valence-electron chi connectivity index (χ3n) is 4.24. The fourth-order valence-corrected chi connectivity index (χ4v) is 4.46. The first kappa shape index (κ1) is 14.5. The molecular formula is C18H18N2O2S. The van der Waals surface area contributed by atoms with Crippen molar-refractivity contribution >= 4 is 21.6 Å². The topological polar surface area (TPSA) is 55.0 Å². The standard InChI is InChI=1S/C18H18N2O2S/c1-2-22-12-7-5-6-11(10-12)16-19-17(21)15-13-8-3-4-9-14(13)23-18(15)20-16/h5-7,10H,2-4,8-9H2,1H3,(H,19,20,21). The van der Waals surface area contributed by atoms with Gasteiger partial charge in [-0.15, -0.1) is 11.3 Å². The SMILES string of the molecule is CCOc1cccc(-c2nc3sc4c(c3c(=O)[nH]2)CCCC4)c1. The molecule has 2 heterocycles. The molecule has 1 aromatic carbocycles. The van der Waals surface area contributed by atoms with Gasteiger partial charge in [-0.05, 0) is 50.3 Å². The van der Waals surface area contributed by atoms with Crippen LogP contribution in [0.3, 0.4) is 0 Å². The van der Waals surface area contributed by atoms with Gasteiger partial charge in [0.05, 0.1) is 12.0 Å². The van der Waals surface area contributed by atoms with Gasteiger partial charge in [-0.2, -0.15) is 0 Å². The van der Waals surface area contributed by atoms with Gasteiger partial charge in [0.15, 0.2) is 0 Å². The highest BCUT2D eigenvalue weighted by molar-refractivity contribution is 7.18. The van der Waals surface area contributed by atoms with Gasteiger partial charge in [0, 0.05) is 10.4 Å². The summed E-state index contributed by atoms with van der Waals surface area (Å²) in [4.78, 5) is 22.5. The zero-order valence-corrected chi connectivity index (χ0v) is 13.8. The van der Waals surface area contributed by atoms with E-state index in [2.05, 4.69) is 4.98 Å². The van der Waals surface area contributed by atoms with E-state index in [4.69, 9.17) is 9.72 Å². The number of benzene rings is 1. The molecule has 0 radical (unpaired) electrons. The summed E-state index contributed by atoms with van der Waals surface area (Å²) in [7, 11) is 0. The fraction of sp³-hybridized carbons (Fsp3) is 0.333. The van der Waals surface area contributed by atoms with Crippen molar-refractivity contribution in [2.45, 2.75) is 32.6 Å². The second-order valence-corrected chi connectivity index (χ2v) is 6.85. The van der Waals surface area contributed by atoms with Gasteiger partial charge in [0.2, 0.25) is 0 Å². The van der Waals surface area contributed by atoms with E-state index in [1.54, 1.807) is 11.3 Å². The molecule has 0 amide bonds. The van der Waals surface area contributed by atoms with Gasteiger partial charge in [0.25, 0.3) is 5.56 Å². The van der Waals surface area contributed by atoms with E-state index >= 15 is 0 Å². The normalized spacial score (nSPS) is 14.0. The Labute approximate surface area is 138 Å². The van der Waals surface area contributed by atoms with Gasteiger partial charge in [-0.25, -0.2) is 4.98 Å². The van der Waals surface area contributed by atoms with E-state index in [-0.39, 0.29) is 5.56 Å². The minimum absolute atomic E-state index is 0.0220. The Kier molecular flexibility index (Phi) is 3.65. The zero-order chi connectivity index (χ0) is 15.8. The van der Waals surface area contributed by atoms with E-state index in [9.17, 15) is 4.79 Å². The Morgan fingerprint density at radius 1 is 1.30 bits per heavy atom. The van der Waals surface area contributed by atoms with Crippen molar-refractivity contribution in [1.29, 1.82) is 0 Å². The number of nitrogens with zero attached hydrogens (tertiary/aromatic N) is 1. The number of H-pyrrole nitrogens is 1. The molecule has 0 aliphatic heterocycles. The maximum Gasteiger partial charge on any atom is 0.260 e. The van der Waals surface area contributed by atoms with Crippen molar-refractivity contribution in [3.8, 4) is 17.1 Å². The molecule has 2 aromatic heterocycles. The molecule has 0 saturated carbocycles. The van der Waals surface area contributed by atoms with Crippen LogP contribution in [0.4, 0.5) is 0 Å². The second kappa shape index (κ2) is 5.81. The predicted octanol–water partition coefficient (Wildman–Crippen LogP) is 3.93. The maximum atomic E-state index is 12.6. The minimum Gasteiger partial charge on any atom is -0.494 e. The van der Waals surface area contributed by atoms with Crippen molar-refractivity contribution in [2.75, 3.05) is 6.61 Å².